The number of nitrogens with two attached hydrogens (primary N) is 1. The number of alkyl halides is 2. The van der Waals surface area contributed by atoms with E-state index in [1.165, 1.54) is 0 Å². The molecule has 1 aromatic carbocycles. The Labute approximate surface area is 120 Å². The SMILES string of the molecule is COCCCN=C(NN)Nc1ccccc1SC(F)F. The van der Waals surface area contributed by atoms with E-state index in [9.17, 15) is 8.78 Å². The minimum atomic E-state index is -2.48. The number of benzene rings is 1. The van der Waals surface area contributed by atoms with Gasteiger partial charge in [-0.15, -0.1) is 0 Å². The van der Waals surface area contributed by atoms with Crippen LogP contribution in [-0.4, -0.2) is 32.0 Å². The first-order chi connectivity index (χ1) is 9.67. The van der Waals surface area contributed by atoms with Crippen LogP contribution in [-0.2, 0) is 4.74 Å². The maximum absolute atomic E-state index is 12.5. The van der Waals surface area contributed by atoms with Crippen LogP contribution in [0.15, 0.2) is 34.2 Å². The van der Waals surface area contributed by atoms with Gasteiger partial charge < -0.3 is 10.1 Å². The molecule has 5 nitrogen and oxygen atoms in total. The van der Waals surface area contributed by atoms with Gasteiger partial charge in [0.05, 0.1) is 5.69 Å². The number of halogens is 2. The number of anilines is 1. The molecule has 0 unspecified atom stereocenters. The highest BCUT2D eigenvalue weighted by atomic mass is 32.2. The van der Waals surface area contributed by atoms with Crippen molar-refractivity contribution in [3.8, 4) is 0 Å². The Kier molecular flexibility index (Phi) is 7.93. The molecule has 0 fully saturated rings. The summed E-state index contributed by atoms with van der Waals surface area (Å²) in [5.74, 6) is 3.20. The summed E-state index contributed by atoms with van der Waals surface area (Å²) in [5, 5.41) is 2.90. The number of para-hydroxylation sites is 1. The number of thioether (sulfide) groups is 1. The van der Waals surface area contributed by atoms with Gasteiger partial charge in [-0.2, -0.15) is 8.78 Å². The molecule has 112 valence electrons. The van der Waals surface area contributed by atoms with Crippen LogP contribution in [0.2, 0.25) is 0 Å². The Bertz CT molecular complexity index is 432. The zero-order valence-electron chi connectivity index (χ0n) is 11.1. The number of ether oxygens (including phenoxy) is 1. The molecular weight excluding hydrogens is 286 g/mol. The maximum atomic E-state index is 12.5. The van der Waals surface area contributed by atoms with E-state index in [2.05, 4.69) is 15.7 Å². The minimum absolute atomic E-state index is 0.323. The zero-order chi connectivity index (χ0) is 14.8. The van der Waals surface area contributed by atoms with Crippen LogP contribution < -0.4 is 16.6 Å². The number of hydrazine groups is 1. The predicted molar refractivity (Wildman–Crippen MR) is 78.0 cm³/mol. The highest BCUT2D eigenvalue weighted by Crippen LogP contribution is 2.31. The van der Waals surface area contributed by atoms with Crippen LogP contribution >= 0.6 is 11.8 Å². The molecule has 0 aliphatic rings. The molecule has 0 bridgehead atoms. The third-order valence-corrected chi connectivity index (χ3v) is 3.06. The fourth-order valence-corrected chi connectivity index (χ4v) is 2.01. The molecule has 20 heavy (non-hydrogen) atoms. The summed E-state index contributed by atoms with van der Waals surface area (Å²) in [6, 6.07) is 6.74. The molecule has 0 saturated carbocycles. The van der Waals surface area contributed by atoms with E-state index < -0.39 is 5.76 Å². The molecule has 0 spiro atoms. The molecule has 0 radical (unpaired) electrons. The molecule has 1 aromatic rings. The van der Waals surface area contributed by atoms with Gasteiger partial charge in [-0.3, -0.25) is 10.4 Å². The standard InChI is InChI=1S/C12H18F2N4OS/c1-19-8-4-7-16-12(18-15)17-9-5-2-3-6-10(9)20-11(13)14/h2-3,5-6,11H,4,7-8,15H2,1H3,(H2,16,17,18). The molecule has 0 aliphatic carbocycles. The first-order valence-corrected chi connectivity index (χ1v) is 6.86. The van der Waals surface area contributed by atoms with Crippen LogP contribution in [0.1, 0.15) is 6.42 Å². The summed E-state index contributed by atoms with van der Waals surface area (Å²) in [6.45, 7) is 1.11. The maximum Gasteiger partial charge on any atom is 0.288 e. The van der Waals surface area contributed by atoms with Crippen molar-refractivity contribution >= 4 is 23.4 Å². The van der Waals surface area contributed by atoms with E-state index in [4.69, 9.17) is 10.6 Å². The Morgan fingerprint density at radius 2 is 2.20 bits per heavy atom. The second kappa shape index (κ2) is 9.51. The lowest BCUT2D eigenvalue weighted by Crippen LogP contribution is -2.36. The normalized spacial score (nSPS) is 11.8. The molecule has 4 N–H and O–H groups in total. The molecule has 8 heteroatoms. The number of methoxy groups -OCH3 is 1. The summed E-state index contributed by atoms with van der Waals surface area (Å²) >= 11 is 0.470. The zero-order valence-corrected chi connectivity index (χ0v) is 11.9. The fourth-order valence-electron chi connectivity index (χ4n) is 1.42. The van der Waals surface area contributed by atoms with Crippen LogP contribution in [0, 0.1) is 0 Å². The monoisotopic (exact) mass is 304 g/mol. The Balaban J connectivity index is 2.69. The van der Waals surface area contributed by atoms with Crippen molar-refractivity contribution in [3.63, 3.8) is 0 Å². The smallest absolute Gasteiger partial charge is 0.288 e. The molecule has 1 rings (SSSR count). The van der Waals surface area contributed by atoms with Crippen molar-refractivity contribution in [2.75, 3.05) is 25.6 Å². The van der Waals surface area contributed by atoms with E-state index in [1.807, 2.05) is 0 Å². The number of nitrogens with zero attached hydrogens (tertiary/aromatic N) is 1. The van der Waals surface area contributed by atoms with Crippen molar-refractivity contribution in [1.82, 2.24) is 5.43 Å². The molecule has 0 heterocycles. The summed E-state index contributed by atoms with van der Waals surface area (Å²) in [5.41, 5.74) is 2.94. The van der Waals surface area contributed by atoms with Crippen LogP contribution in [0.5, 0.6) is 0 Å². The van der Waals surface area contributed by atoms with Gasteiger partial charge in [-0.05, 0) is 18.6 Å². The average Bonchev–Trinajstić information content (AvgIpc) is 2.43. The Morgan fingerprint density at radius 3 is 2.85 bits per heavy atom. The van der Waals surface area contributed by atoms with Gasteiger partial charge in [0, 0.05) is 25.2 Å². The van der Waals surface area contributed by atoms with Crippen LogP contribution in [0.3, 0.4) is 0 Å². The van der Waals surface area contributed by atoms with Gasteiger partial charge in [0.1, 0.15) is 0 Å². The second-order valence-corrected chi connectivity index (χ2v) is 4.75. The van der Waals surface area contributed by atoms with Gasteiger partial charge in [0.25, 0.3) is 5.76 Å². The van der Waals surface area contributed by atoms with E-state index in [0.717, 1.165) is 6.42 Å². The van der Waals surface area contributed by atoms with Gasteiger partial charge in [0.2, 0.25) is 5.96 Å². The average molecular weight is 304 g/mol. The van der Waals surface area contributed by atoms with Crippen LogP contribution in [0.4, 0.5) is 14.5 Å². The number of guanidine groups is 1. The molecule has 0 aliphatic heterocycles. The van der Waals surface area contributed by atoms with Crippen molar-refractivity contribution in [2.24, 2.45) is 10.8 Å². The Morgan fingerprint density at radius 1 is 1.45 bits per heavy atom. The van der Waals surface area contributed by atoms with Crippen molar-refractivity contribution in [2.45, 2.75) is 17.1 Å². The quantitative estimate of drug-likeness (QED) is 0.180. The van der Waals surface area contributed by atoms with Crippen molar-refractivity contribution in [3.05, 3.63) is 24.3 Å². The highest BCUT2D eigenvalue weighted by Gasteiger charge is 2.10. The number of aliphatic imine (C=N–C) groups is 1. The topological polar surface area (TPSA) is 71.7 Å². The lowest BCUT2D eigenvalue weighted by atomic mass is 10.3. The van der Waals surface area contributed by atoms with E-state index in [-0.39, 0.29) is 0 Å². The van der Waals surface area contributed by atoms with E-state index in [1.54, 1.807) is 31.4 Å². The lowest BCUT2D eigenvalue weighted by molar-refractivity contribution is 0.197. The summed E-state index contributed by atoms with van der Waals surface area (Å²) in [6.07, 6.45) is 0.747. The first-order valence-electron chi connectivity index (χ1n) is 5.98. The molecule has 0 saturated heterocycles. The van der Waals surface area contributed by atoms with Gasteiger partial charge >= 0.3 is 0 Å². The third-order valence-electron chi connectivity index (χ3n) is 2.27. The fraction of sp³-hybridized carbons (Fsp3) is 0.417. The first kappa shape index (κ1) is 16.7. The van der Waals surface area contributed by atoms with E-state index >= 15 is 0 Å². The summed E-state index contributed by atoms with van der Waals surface area (Å²) in [4.78, 5) is 4.62. The molecular formula is C12H18F2N4OS. The van der Waals surface area contributed by atoms with Crippen molar-refractivity contribution in [1.29, 1.82) is 0 Å². The van der Waals surface area contributed by atoms with Gasteiger partial charge in [-0.1, -0.05) is 23.9 Å². The van der Waals surface area contributed by atoms with Crippen LogP contribution in [0.25, 0.3) is 0 Å². The second-order valence-electron chi connectivity index (χ2n) is 3.72. The van der Waals surface area contributed by atoms with Gasteiger partial charge in [-0.25, -0.2) is 5.84 Å². The van der Waals surface area contributed by atoms with Crippen molar-refractivity contribution < 1.29 is 13.5 Å². The predicted octanol–water partition coefficient (Wildman–Crippen LogP) is 2.27. The number of hydrogen-bond donors (Lipinski definition) is 3. The Hall–Kier alpha value is -1.38. The minimum Gasteiger partial charge on any atom is -0.385 e. The lowest BCUT2D eigenvalue weighted by Gasteiger charge is -2.12. The van der Waals surface area contributed by atoms with Gasteiger partial charge in [0.15, 0.2) is 0 Å². The van der Waals surface area contributed by atoms with E-state index in [0.29, 0.717) is 41.5 Å². The molecule has 0 aromatic heterocycles. The number of hydrogen-bond acceptors (Lipinski definition) is 4. The molecule has 0 atom stereocenters. The highest BCUT2D eigenvalue weighted by molar-refractivity contribution is 7.99. The largest absolute Gasteiger partial charge is 0.385 e. The molecule has 0 amide bonds. The summed E-state index contributed by atoms with van der Waals surface area (Å²) in [7, 11) is 1.61. The summed E-state index contributed by atoms with van der Waals surface area (Å²) < 4.78 is 29.8. The number of nitrogens with one attached hydrogen (secondary N) is 2. The number of rotatable bonds is 7. The third kappa shape index (κ3) is 6.18.